The number of carboxylic acids is 1. The Morgan fingerprint density at radius 3 is 2.53 bits per heavy atom. The van der Waals surface area contributed by atoms with Crippen molar-refractivity contribution >= 4 is 12.3 Å². The molecule has 0 atom stereocenters. The zero-order chi connectivity index (χ0) is 12.3. The number of carbonyl (C=O) groups excluding carboxylic acids is 2. The van der Waals surface area contributed by atoms with E-state index in [2.05, 4.69) is 0 Å². The number of aromatic hydroxyl groups is 1. The minimum absolute atomic E-state index is 0. The molecule has 0 aromatic heterocycles. The maximum absolute atomic E-state index is 10.8. The fourth-order valence-corrected chi connectivity index (χ4v) is 1.55. The maximum Gasteiger partial charge on any atom is 1.00 e. The fraction of sp³-hybridized carbons (Fsp3) is 0.273. The van der Waals surface area contributed by atoms with Gasteiger partial charge in [0.05, 0.1) is 13.1 Å². The van der Waals surface area contributed by atoms with Gasteiger partial charge in [0.25, 0.3) is 0 Å². The molecular weight excluding hydrogens is 235 g/mol. The monoisotopic (exact) mass is 246 g/mol. The van der Waals surface area contributed by atoms with Crippen LogP contribution in [0.4, 0.5) is 0 Å². The molecular formula is C11H11NaO5. The second-order valence-electron chi connectivity index (χ2n) is 3.13. The van der Waals surface area contributed by atoms with Gasteiger partial charge in [-0.15, -0.1) is 0 Å². The van der Waals surface area contributed by atoms with Crippen molar-refractivity contribution in [3.63, 3.8) is 0 Å². The van der Waals surface area contributed by atoms with Crippen LogP contribution in [0.2, 0.25) is 0 Å². The van der Waals surface area contributed by atoms with Gasteiger partial charge in [-0.05, 0) is 12.5 Å². The molecule has 6 heteroatoms. The van der Waals surface area contributed by atoms with Crippen LogP contribution in [0.5, 0.6) is 11.5 Å². The molecule has 1 N–H and O–H groups in total. The molecule has 0 bridgehead atoms. The van der Waals surface area contributed by atoms with Gasteiger partial charge < -0.3 is 19.7 Å². The van der Waals surface area contributed by atoms with Crippen LogP contribution in [-0.2, 0) is 6.42 Å². The fourth-order valence-electron chi connectivity index (χ4n) is 1.55. The summed E-state index contributed by atoms with van der Waals surface area (Å²) in [5, 5.41) is 20.3. The van der Waals surface area contributed by atoms with E-state index in [1.807, 2.05) is 0 Å². The van der Waals surface area contributed by atoms with Crippen LogP contribution in [0.25, 0.3) is 0 Å². The van der Waals surface area contributed by atoms with Gasteiger partial charge in [-0.3, -0.25) is 4.79 Å². The standard InChI is InChI=1S/C11H12O5.Na/c1-3-7-6(5-12)4-8(11(14)15)9(13)10(7)16-2;/h4-5,13H,3H2,1-2H3,(H,14,15);/q;+1/p-1. The van der Waals surface area contributed by atoms with Gasteiger partial charge in [0.2, 0.25) is 0 Å². The van der Waals surface area contributed by atoms with E-state index in [-0.39, 0.29) is 40.9 Å². The molecule has 86 valence electrons. The van der Waals surface area contributed by atoms with Crippen molar-refractivity contribution in [2.45, 2.75) is 13.3 Å². The predicted octanol–water partition coefficient (Wildman–Crippen LogP) is -2.86. The number of carboxylic acid groups (broad SMARTS) is 1. The first-order valence-corrected chi connectivity index (χ1v) is 4.66. The molecule has 0 heterocycles. The number of hydrogen-bond acceptors (Lipinski definition) is 5. The number of methoxy groups -OCH3 is 1. The summed E-state index contributed by atoms with van der Waals surface area (Å²) < 4.78 is 4.90. The number of aromatic carboxylic acids is 1. The summed E-state index contributed by atoms with van der Waals surface area (Å²) in [6.07, 6.45) is 0.964. The Balaban J connectivity index is 0.00000256. The zero-order valence-electron chi connectivity index (χ0n) is 9.94. The number of hydrogen-bond donors (Lipinski definition) is 1. The Morgan fingerprint density at radius 1 is 1.59 bits per heavy atom. The zero-order valence-corrected chi connectivity index (χ0v) is 11.9. The summed E-state index contributed by atoms with van der Waals surface area (Å²) in [6.45, 7) is 1.77. The normalized spacial score (nSPS) is 9.29. The topological polar surface area (TPSA) is 86.7 Å². The number of benzene rings is 1. The third-order valence-electron chi connectivity index (χ3n) is 2.30. The van der Waals surface area contributed by atoms with Crippen molar-refractivity contribution in [1.29, 1.82) is 0 Å². The molecule has 5 nitrogen and oxygen atoms in total. The van der Waals surface area contributed by atoms with Gasteiger partial charge in [-0.2, -0.15) is 0 Å². The minimum atomic E-state index is -1.55. The molecule has 0 radical (unpaired) electrons. The second kappa shape index (κ2) is 6.64. The molecule has 0 saturated heterocycles. The maximum atomic E-state index is 10.8. The van der Waals surface area contributed by atoms with Crippen LogP contribution in [0.15, 0.2) is 6.07 Å². The average molecular weight is 246 g/mol. The van der Waals surface area contributed by atoms with Gasteiger partial charge >= 0.3 is 29.6 Å². The van der Waals surface area contributed by atoms with Crippen LogP contribution in [0.3, 0.4) is 0 Å². The SMILES string of the molecule is CCc1c(C=O)cc(C(=O)[O-])c(O)c1OC.[Na+]. The second-order valence-corrected chi connectivity index (χ2v) is 3.13. The molecule has 0 fully saturated rings. The first-order chi connectivity index (χ1) is 7.56. The Kier molecular flexibility index (Phi) is 6.23. The number of phenols is 1. The van der Waals surface area contributed by atoms with Crippen LogP contribution in [0, 0.1) is 0 Å². The number of ether oxygens (including phenoxy) is 1. The first-order valence-electron chi connectivity index (χ1n) is 4.66. The Bertz CT molecular complexity index is 442. The van der Waals surface area contributed by atoms with Crippen molar-refractivity contribution < 1.29 is 54.1 Å². The third-order valence-corrected chi connectivity index (χ3v) is 2.30. The Hall–Kier alpha value is -1.04. The minimum Gasteiger partial charge on any atom is -0.545 e. The van der Waals surface area contributed by atoms with E-state index in [1.165, 1.54) is 7.11 Å². The molecule has 0 amide bonds. The van der Waals surface area contributed by atoms with Crippen molar-refractivity contribution in [1.82, 2.24) is 0 Å². The molecule has 0 aliphatic heterocycles. The van der Waals surface area contributed by atoms with Crippen LogP contribution in [0.1, 0.15) is 33.2 Å². The Morgan fingerprint density at radius 2 is 2.18 bits per heavy atom. The smallest absolute Gasteiger partial charge is 0.545 e. The predicted molar refractivity (Wildman–Crippen MR) is 53.8 cm³/mol. The molecule has 0 spiro atoms. The molecule has 0 saturated carbocycles. The van der Waals surface area contributed by atoms with Gasteiger partial charge in [0, 0.05) is 16.7 Å². The summed E-state index contributed by atoms with van der Waals surface area (Å²) in [5.41, 5.74) is 0.201. The summed E-state index contributed by atoms with van der Waals surface area (Å²) in [6, 6.07) is 1.08. The summed E-state index contributed by atoms with van der Waals surface area (Å²) >= 11 is 0. The van der Waals surface area contributed by atoms with E-state index in [9.17, 15) is 19.8 Å². The van der Waals surface area contributed by atoms with E-state index in [1.54, 1.807) is 6.92 Å². The van der Waals surface area contributed by atoms with Gasteiger partial charge in [0.1, 0.15) is 6.29 Å². The molecule has 0 aliphatic carbocycles. The molecule has 17 heavy (non-hydrogen) atoms. The van der Waals surface area contributed by atoms with Crippen molar-refractivity contribution in [3.05, 3.63) is 22.8 Å². The van der Waals surface area contributed by atoms with E-state index in [4.69, 9.17) is 4.74 Å². The van der Waals surface area contributed by atoms with E-state index in [0.29, 0.717) is 18.3 Å². The first kappa shape index (κ1) is 16.0. The molecule has 1 aromatic carbocycles. The van der Waals surface area contributed by atoms with Gasteiger partial charge in [0.15, 0.2) is 11.5 Å². The molecule has 0 unspecified atom stereocenters. The van der Waals surface area contributed by atoms with Crippen molar-refractivity contribution in [2.24, 2.45) is 0 Å². The van der Waals surface area contributed by atoms with Gasteiger partial charge in [-0.1, -0.05) is 6.92 Å². The molecule has 1 aromatic rings. The number of carbonyl (C=O) groups is 2. The van der Waals surface area contributed by atoms with Crippen LogP contribution < -0.4 is 39.4 Å². The van der Waals surface area contributed by atoms with Crippen molar-refractivity contribution in [3.8, 4) is 11.5 Å². The third kappa shape index (κ3) is 3.00. The van der Waals surface area contributed by atoms with Gasteiger partial charge in [-0.25, -0.2) is 0 Å². The van der Waals surface area contributed by atoms with Crippen LogP contribution >= 0.6 is 0 Å². The van der Waals surface area contributed by atoms with E-state index in [0.717, 1.165) is 6.07 Å². The number of aldehydes is 1. The average Bonchev–Trinajstić information content (AvgIpc) is 2.27. The molecule has 1 rings (SSSR count). The van der Waals surface area contributed by atoms with Crippen molar-refractivity contribution in [2.75, 3.05) is 7.11 Å². The largest absolute Gasteiger partial charge is 1.00 e. The summed E-state index contributed by atoms with van der Waals surface area (Å²) in [4.78, 5) is 21.5. The molecule has 0 aliphatic rings. The number of rotatable bonds is 4. The van der Waals surface area contributed by atoms with E-state index < -0.39 is 17.3 Å². The Labute approximate surface area is 121 Å². The van der Waals surface area contributed by atoms with E-state index >= 15 is 0 Å². The quantitative estimate of drug-likeness (QED) is 0.456. The summed E-state index contributed by atoms with van der Waals surface area (Å²) in [5.74, 6) is -2.06. The summed E-state index contributed by atoms with van der Waals surface area (Å²) in [7, 11) is 1.29. The van der Waals surface area contributed by atoms with Crippen LogP contribution in [-0.4, -0.2) is 24.5 Å².